The van der Waals surface area contributed by atoms with Crippen LogP contribution in [0.3, 0.4) is 0 Å². The molecule has 5 heteroatoms. The van der Waals surface area contributed by atoms with Crippen molar-refractivity contribution in [3.63, 3.8) is 0 Å². The summed E-state index contributed by atoms with van der Waals surface area (Å²) in [5.41, 5.74) is 4.43. The van der Waals surface area contributed by atoms with E-state index in [9.17, 15) is 4.79 Å². The van der Waals surface area contributed by atoms with Gasteiger partial charge in [-0.25, -0.2) is 0 Å². The smallest absolute Gasteiger partial charge is 0.274 e. The number of hydrogen-bond acceptors (Lipinski definition) is 4. The van der Waals surface area contributed by atoms with E-state index in [1.807, 2.05) is 36.4 Å². The number of anilines is 3. The molecule has 2 heterocycles. The van der Waals surface area contributed by atoms with Gasteiger partial charge in [0.05, 0.1) is 0 Å². The molecule has 1 saturated heterocycles. The molecule has 142 valence electrons. The van der Waals surface area contributed by atoms with E-state index in [-0.39, 0.29) is 5.91 Å². The SMILES string of the molecule is O=C(Nc1ccc(N2CCCC2)cc1)c1cc(NCc2ccccc2)ccn1. The van der Waals surface area contributed by atoms with Crippen molar-refractivity contribution in [2.45, 2.75) is 19.4 Å². The van der Waals surface area contributed by atoms with Gasteiger partial charge < -0.3 is 15.5 Å². The first-order valence-corrected chi connectivity index (χ1v) is 9.68. The molecule has 2 N–H and O–H groups in total. The average Bonchev–Trinajstić information content (AvgIpc) is 3.29. The fraction of sp³-hybridized carbons (Fsp3) is 0.217. The Hall–Kier alpha value is -3.34. The van der Waals surface area contributed by atoms with Crippen LogP contribution >= 0.6 is 0 Å². The molecule has 0 atom stereocenters. The Morgan fingerprint density at radius 2 is 1.68 bits per heavy atom. The summed E-state index contributed by atoms with van der Waals surface area (Å²) in [5, 5.41) is 6.26. The van der Waals surface area contributed by atoms with Crippen LogP contribution in [0.2, 0.25) is 0 Å². The van der Waals surface area contributed by atoms with Crippen LogP contribution in [0.1, 0.15) is 28.9 Å². The second-order valence-corrected chi connectivity index (χ2v) is 6.96. The van der Waals surface area contributed by atoms with Gasteiger partial charge in [-0.1, -0.05) is 30.3 Å². The molecule has 0 radical (unpaired) electrons. The Morgan fingerprint density at radius 1 is 0.929 bits per heavy atom. The molecule has 3 aromatic rings. The highest BCUT2D eigenvalue weighted by molar-refractivity contribution is 6.03. The number of pyridine rings is 1. The second-order valence-electron chi connectivity index (χ2n) is 6.96. The van der Waals surface area contributed by atoms with Crippen molar-refractivity contribution in [1.82, 2.24) is 4.98 Å². The summed E-state index contributed by atoms with van der Waals surface area (Å²) in [5.74, 6) is -0.211. The highest BCUT2D eigenvalue weighted by Crippen LogP contribution is 2.22. The lowest BCUT2D eigenvalue weighted by Crippen LogP contribution is -2.17. The normalized spacial score (nSPS) is 13.4. The number of hydrogen-bond donors (Lipinski definition) is 2. The Kier molecular flexibility index (Phi) is 5.52. The maximum Gasteiger partial charge on any atom is 0.274 e. The molecule has 0 spiro atoms. The second kappa shape index (κ2) is 8.57. The first-order chi connectivity index (χ1) is 13.8. The van der Waals surface area contributed by atoms with Crippen LogP contribution in [0.5, 0.6) is 0 Å². The van der Waals surface area contributed by atoms with Crippen LogP contribution in [0.15, 0.2) is 72.9 Å². The summed E-state index contributed by atoms with van der Waals surface area (Å²) < 4.78 is 0. The summed E-state index contributed by atoms with van der Waals surface area (Å²) in [4.78, 5) is 19.2. The van der Waals surface area contributed by atoms with Crippen molar-refractivity contribution >= 4 is 23.0 Å². The van der Waals surface area contributed by atoms with E-state index >= 15 is 0 Å². The Morgan fingerprint density at radius 3 is 2.43 bits per heavy atom. The number of rotatable bonds is 6. The zero-order chi connectivity index (χ0) is 19.2. The lowest BCUT2D eigenvalue weighted by molar-refractivity contribution is 0.102. The molecule has 2 aromatic carbocycles. The zero-order valence-electron chi connectivity index (χ0n) is 15.8. The Labute approximate surface area is 165 Å². The third kappa shape index (κ3) is 4.49. The molecular weight excluding hydrogens is 348 g/mol. The minimum atomic E-state index is -0.211. The van der Waals surface area contributed by atoms with Gasteiger partial charge in [-0.05, 0) is 54.8 Å². The fourth-order valence-corrected chi connectivity index (χ4v) is 3.39. The Balaban J connectivity index is 1.37. The number of carbonyl (C=O) groups excluding carboxylic acids is 1. The minimum absolute atomic E-state index is 0.211. The van der Waals surface area contributed by atoms with Crippen LogP contribution in [0.4, 0.5) is 17.1 Å². The molecule has 0 aliphatic carbocycles. The van der Waals surface area contributed by atoms with E-state index in [2.05, 4.69) is 44.8 Å². The van der Waals surface area contributed by atoms with E-state index in [1.165, 1.54) is 24.1 Å². The van der Waals surface area contributed by atoms with Crippen molar-refractivity contribution in [1.29, 1.82) is 0 Å². The molecule has 0 bridgehead atoms. The first-order valence-electron chi connectivity index (χ1n) is 9.68. The molecule has 0 saturated carbocycles. The van der Waals surface area contributed by atoms with Crippen molar-refractivity contribution in [2.24, 2.45) is 0 Å². The molecular formula is C23H24N4O. The number of carbonyl (C=O) groups is 1. The molecule has 5 nitrogen and oxygen atoms in total. The molecule has 0 unspecified atom stereocenters. The van der Waals surface area contributed by atoms with Crippen molar-refractivity contribution < 1.29 is 4.79 Å². The topological polar surface area (TPSA) is 57.3 Å². The van der Waals surface area contributed by atoms with Gasteiger partial charge in [0, 0.05) is 42.9 Å². The standard InChI is InChI=1S/C23H24N4O/c28-23(26-19-8-10-21(11-9-19)27-14-4-5-15-27)22-16-20(12-13-24-22)25-17-18-6-2-1-3-7-18/h1-3,6-13,16H,4-5,14-15,17H2,(H,24,25)(H,26,28). The molecule has 4 rings (SSSR count). The number of benzene rings is 2. The number of amides is 1. The van der Waals surface area contributed by atoms with Crippen LogP contribution in [0, 0.1) is 0 Å². The van der Waals surface area contributed by atoms with Crippen LogP contribution in [-0.4, -0.2) is 24.0 Å². The lowest BCUT2D eigenvalue weighted by Gasteiger charge is -2.17. The predicted octanol–water partition coefficient (Wildman–Crippen LogP) is 4.55. The van der Waals surface area contributed by atoms with Crippen LogP contribution in [0.25, 0.3) is 0 Å². The van der Waals surface area contributed by atoms with E-state index in [0.29, 0.717) is 12.2 Å². The molecule has 28 heavy (non-hydrogen) atoms. The largest absolute Gasteiger partial charge is 0.381 e. The monoisotopic (exact) mass is 372 g/mol. The first kappa shape index (κ1) is 18.0. The average molecular weight is 372 g/mol. The highest BCUT2D eigenvalue weighted by atomic mass is 16.1. The van der Waals surface area contributed by atoms with Gasteiger partial charge in [0.1, 0.15) is 5.69 Å². The van der Waals surface area contributed by atoms with E-state index in [1.54, 1.807) is 12.3 Å². The van der Waals surface area contributed by atoms with E-state index in [4.69, 9.17) is 0 Å². The van der Waals surface area contributed by atoms with E-state index < -0.39 is 0 Å². The van der Waals surface area contributed by atoms with Gasteiger partial charge in [-0.2, -0.15) is 0 Å². The maximum absolute atomic E-state index is 12.6. The molecule has 1 fully saturated rings. The Bertz CT molecular complexity index is 919. The van der Waals surface area contributed by atoms with Crippen molar-refractivity contribution in [3.05, 3.63) is 84.2 Å². The third-order valence-corrected chi connectivity index (χ3v) is 4.93. The lowest BCUT2D eigenvalue weighted by atomic mass is 10.2. The van der Waals surface area contributed by atoms with Crippen LogP contribution < -0.4 is 15.5 Å². The number of nitrogens with zero attached hydrogens (tertiary/aromatic N) is 2. The fourth-order valence-electron chi connectivity index (χ4n) is 3.39. The maximum atomic E-state index is 12.6. The summed E-state index contributed by atoms with van der Waals surface area (Å²) >= 11 is 0. The van der Waals surface area contributed by atoms with Gasteiger partial charge in [0.2, 0.25) is 0 Å². The summed E-state index contributed by atoms with van der Waals surface area (Å²) in [6.07, 6.45) is 4.15. The quantitative estimate of drug-likeness (QED) is 0.667. The number of nitrogens with one attached hydrogen (secondary N) is 2. The number of aromatic nitrogens is 1. The summed E-state index contributed by atoms with van der Waals surface area (Å²) in [7, 11) is 0. The van der Waals surface area contributed by atoms with Crippen molar-refractivity contribution in [2.75, 3.05) is 28.6 Å². The predicted molar refractivity (Wildman–Crippen MR) is 114 cm³/mol. The van der Waals surface area contributed by atoms with Gasteiger partial charge in [0.25, 0.3) is 5.91 Å². The summed E-state index contributed by atoms with van der Waals surface area (Å²) in [6.45, 7) is 2.92. The third-order valence-electron chi connectivity index (χ3n) is 4.93. The van der Waals surface area contributed by atoms with Gasteiger partial charge >= 0.3 is 0 Å². The molecule has 1 aromatic heterocycles. The van der Waals surface area contributed by atoms with Gasteiger partial charge in [0.15, 0.2) is 0 Å². The van der Waals surface area contributed by atoms with Crippen LogP contribution in [-0.2, 0) is 6.54 Å². The van der Waals surface area contributed by atoms with Gasteiger partial charge in [-0.15, -0.1) is 0 Å². The molecule has 1 amide bonds. The summed E-state index contributed by atoms with van der Waals surface area (Å²) in [6, 6.07) is 21.8. The molecule has 1 aliphatic rings. The minimum Gasteiger partial charge on any atom is -0.381 e. The zero-order valence-corrected chi connectivity index (χ0v) is 15.8. The van der Waals surface area contributed by atoms with E-state index in [0.717, 1.165) is 24.5 Å². The highest BCUT2D eigenvalue weighted by Gasteiger charge is 2.13. The van der Waals surface area contributed by atoms with Crippen molar-refractivity contribution in [3.8, 4) is 0 Å². The molecule has 1 aliphatic heterocycles. The van der Waals surface area contributed by atoms with Gasteiger partial charge in [-0.3, -0.25) is 9.78 Å².